The van der Waals surface area contributed by atoms with Crippen molar-refractivity contribution < 1.29 is 19.0 Å². The third kappa shape index (κ3) is 2.95. The molecule has 0 radical (unpaired) electrons. The number of carboxylic acid groups (broad SMARTS) is 1. The second-order valence-electron chi connectivity index (χ2n) is 3.58. The van der Waals surface area contributed by atoms with E-state index in [1.165, 1.54) is 31.4 Å². The summed E-state index contributed by atoms with van der Waals surface area (Å²) < 4.78 is 18.2. The molecule has 0 aliphatic heterocycles. The maximum atomic E-state index is 13.4. The van der Waals surface area contributed by atoms with E-state index in [4.69, 9.17) is 9.84 Å². The monoisotopic (exact) mass is 263 g/mol. The minimum atomic E-state index is -1.16. The molecule has 0 aliphatic rings. The maximum Gasteiger partial charge on any atom is 0.356 e. The van der Waals surface area contributed by atoms with Crippen molar-refractivity contribution in [1.29, 1.82) is 0 Å². The fourth-order valence-electron chi connectivity index (χ4n) is 1.41. The summed E-state index contributed by atoms with van der Waals surface area (Å²) in [4.78, 5) is 10.6. The predicted octanol–water partition coefficient (Wildman–Crippen LogP) is 2.07. The van der Waals surface area contributed by atoms with Crippen LogP contribution in [0.4, 0.5) is 15.9 Å². The number of anilines is 2. The summed E-state index contributed by atoms with van der Waals surface area (Å²) in [6, 6.07) is 7.06. The number of nitrogens with zero attached hydrogens (tertiary/aromatic N) is 2. The number of methoxy groups -OCH3 is 1. The van der Waals surface area contributed by atoms with Gasteiger partial charge < -0.3 is 15.2 Å². The Labute approximate surface area is 107 Å². The van der Waals surface area contributed by atoms with Gasteiger partial charge in [-0.25, -0.2) is 9.18 Å². The Bertz CT molecular complexity index is 602. The number of halogens is 1. The number of nitrogens with one attached hydrogen (secondary N) is 1. The van der Waals surface area contributed by atoms with E-state index in [2.05, 4.69) is 15.5 Å². The lowest BCUT2D eigenvalue weighted by Crippen LogP contribution is -2.03. The van der Waals surface area contributed by atoms with Gasteiger partial charge in [-0.2, -0.15) is 0 Å². The Morgan fingerprint density at radius 2 is 2.11 bits per heavy atom. The molecule has 2 N–H and O–H groups in total. The van der Waals surface area contributed by atoms with E-state index < -0.39 is 11.8 Å². The minimum Gasteiger partial charge on any atom is -0.494 e. The van der Waals surface area contributed by atoms with E-state index >= 15 is 0 Å². The van der Waals surface area contributed by atoms with Crippen molar-refractivity contribution in [1.82, 2.24) is 10.2 Å². The van der Waals surface area contributed by atoms with Gasteiger partial charge in [0, 0.05) is 11.8 Å². The van der Waals surface area contributed by atoms with Crippen molar-refractivity contribution in [3.8, 4) is 5.75 Å². The van der Waals surface area contributed by atoms with Gasteiger partial charge in [0.1, 0.15) is 0 Å². The highest BCUT2D eigenvalue weighted by Crippen LogP contribution is 2.22. The molecule has 2 aromatic rings. The number of aromatic nitrogens is 2. The number of carboxylic acids is 1. The topological polar surface area (TPSA) is 84.3 Å². The normalized spacial score (nSPS) is 10.0. The van der Waals surface area contributed by atoms with Crippen LogP contribution < -0.4 is 10.1 Å². The van der Waals surface area contributed by atoms with Gasteiger partial charge in [0.2, 0.25) is 0 Å². The molecule has 0 fully saturated rings. The number of benzene rings is 1. The van der Waals surface area contributed by atoms with Crippen molar-refractivity contribution in [3.05, 3.63) is 41.8 Å². The number of rotatable bonds is 4. The summed E-state index contributed by atoms with van der Waals surface area (Å²) in [6.07, 6.45) is 0. The van der Waals surface area contributed by atoms with Gasteiger partial charge in [0.15, 0.2) is 23.1 Å². The van der Waals surface area contributed by atoms with Crippen LogP contribution >= 0.6 is 0 Å². The van der Waals surface area contributed by atoms with Crippen LogP contribution in [-0.2, 0) is 0 Å². The summed E-state index contributed by atoms with van der Waals surface area (Å²) >= 11 is 0. The molecule has 0 amide bonds. The number of hydrogen-bond acceptors (Lipinski definition) is 5. The van der Waals surface area contributed by atoms with Gasteiger partial charge in [0.25, 0.3) is 0 Å². The Kier molecular flexibility index (Phi) is 3.56. The fraction of sp³-hybridized carbons (Fsp3) is 0.0833. The van der Waals surface area contributed by atoms with Crippen molar-refractivity contribution in [2.45, 2.75) is 0 Å². The zero-order valence-electron chi connectivity index (χ0n) is 9.92. The van der Waals surface area contributed by atoms with Gasteiger partial charge in [0.05, 0.1) is 7.11 Å². The summed E-state index contributed by atoms with van der Waals surface area (Å²) in [5.74, 6) is -1.22. The van der Waals surface area contributed by atoms with Gasteiger partial charge in [-0.15, -0.1) is 10.2 Å². The van der Waals surface area contributed by atoms with Gasteiger partial charge in [-0.05, 0) is 24.3 Å². The molecule has 2 rings (SSSR count). The molecule has 6 nitrogen and oxygen atoms in total. The largest absolute Gasteiger partial charge is 0.494 e. The second kappa shape index (κ2) is 5.30. The zero-order valence-corrected chi connectivity index (χ0v) is 9.92. The SMILES string of the molecule is COc1ccc(Nc2ccc(C(=O)O)nn2)cc1F. The third-order valence-corrected chi connectivity index (χ3v) is 2.31. The Balaban J connectivity index is 2.16. The van der Waals surface area contributed by atoms with E-state index in [-0.39, 0.29) is 11.4 Å². The molecule has 0 atom stereocenters. The number of carbonyl (C=O) groups is 1. The first-order valence-electron chi connectivity index (χ1n) is 5.28. The zero-order chi connectivity index (χ0) is 13.8. The highest BCUT2D eigenvalue weighted by molar-refractivity contribution is 5.85. The molecule has 1 heterocycles. The van der Waals surface area contributed by atoms with Crippen molar-refractivity contribution in [3.63, 3.8) is 0 Å². The van der Waals surface area contributed by atoms with E-state index in [9.17, 15) is 9.18 Å². The van der Waals surface area contributed by atoms with E-state index in [1.807, 2.05) is 0 Å². The van der Waals surface area contributed by atoms with E-state index in [0.29, 0.717) is 11.5 Å². The molecule has 98 valence electrons. The quantitative estimate of drug-likeness (QED) is 0.878. The van der Waals surface area contributed by atoms with Crippen molar-refractivity contribution in [2.24, 2.45) is 0 Å². The van der Waals surface area contributed by atoms with Gasteiger partial charge >= 0.3 is 5.97 Å². The maximum absolute atomic E-state index is 13.4. The summed E-state index contributed by atoms with van der Waals surface area (Å²) in [6.45, 7) is 0. The lowest BCUT2D eigenvalue weighted by molar-refractivity contribution is 0.0689. The first kappa shape index (κ1) is 12.7. The van der Waals surface area contributed by atoms with Crippen LogP contribution in [0.25, 0.3) is 0 Å². The Morgan fingerprint density at radius 1 is 1.32 bits per heavy atom. The Morgan fingerprint density at radius 3 is 2.63 bits per heavy atom. The second-order valence-corrected chi connectivity index (χ2v) is 3.58. The standard InChI is InChI=1S/C12H10FN3O3/c1-19-10-4-2-7(6-8(10)13)14-11-5-3-9(12(17)18)15-16-11/h2-6H,1H3,(H,14,16)(H,17,18). The molecule has 1 aromatic heterocycles. The average Bonchev–Trinajstić information content (AvgIpc) is 2.39. The highest BCUT2D eigenvalue weighted by atomic mass is 19.1. The number of aromatic carboxylic acids is 1. The van der Waals surface area contributed by atoms with Crippen LogP contribution in [0.15, 0.2) is 30.3 Å². The number of hydrogen-bond donors (Lipinski definition) is 2. The fourth-order valence-corrected chi connectivity index (χ4v) is 1.41. The predicted molar refractivity (Wildman–Crippen MR) is 65.2 cm³/mol. The molecule has 0 saturated heterocycles. The first-order valence-corrected chi connectivity index (χ1v) is 5.28. The van der Waals surface area contributed by atoms with E-state index in [1.54, 1.807) is 6.07 Å². The van der Waals surface area contributed by atoms with Crippen LogP contribution in [-0.4, -0.2) is 28.4 Å². The van der Waals surface area contributed by atoms with Crippen LogP contribution in [0.2, 0.25) is 0 Å². The third-order valence-electron chi connectivity index (χ3n) is 2.31. The molecular weight excluding hydrogens is 253 g/mol. The minimum absolute atomic E-state index is 0.137. The van der Waals surface area contributed by atoms with E-state index in [0.717, 1.165) is 0 Å². The summed E-state index contributed by atoms with van der Waals surface area (Å²) in [5, 5.41) is 18.6. The van der Waals surface area contributed by atoms with Crippen molar-refractivity contribution >= 4 is 17.5 Å². The van der Waals surface area contributed by atoms with Gasteiger partial charge in [-0.1, -0.05) is 0 Å². The molecule has 0 saturated carbocycles. The lowest BCUT2D eigenvalue weighted by Gasteiger charge is -2.07. The van der Waals surface area contributed by atoms with Crippen LogP contribution in [0, 0.1) is 5.82 Å². The molecule has 0 spiro atoms. The van der Waals surface area contributed by atoms with Crippen molar-refractivity contribution in [2.75, 3.05) is 12.4 Å². The van der Waals surface area contributed by atoms with Crippen LogP contribution in [0.3, 0.4) is 0 Å². The smallest absolute Gasteiger partial charge is 0.356 e. The molecule has 19 heavy (non-hydrogen) atoms. The molecule has 0 unspecified atom stereocenters. The molecular formula is C12H10FN3O3. The first-order chi connectivity index (χ1) is 9.10. The van der Waals surface area contributed by atoms with Crippen LogP contribution in [0.5, 0.6) is 5.75 Å². The molecule has 1 aromatic carbocycles. The summed E-state index contributed by atoms with van der Waals surface area (Å²) in [7, 11) is 1.38. The highest BCUT2D eigenvalue weighted by Gasteiger charge is 2.07. The summed E-state index contributed by atoms with van der Waals surface area (Å²) in [5.41, 5.74) is 0.294. The van der Waals surface area contributed by atoms with Crippen LogP contribution in [0.1, 0.15) is 10.5 Å². The molecule has 7 heteroatoms. The number of ether oxygens (including phenoxy) is 1. The lowest BCUT2D eigenvalue weighted by atomic mass is 10.3. The molecule has 0 bridgehead atoms. The van der Waals surface area contributed by atoms with Gasteiger partial charge in [-0.3, -0.25) is 0 Å². The average molecular weight is 263 g/mol. The Hall–Kier alpha value is -2.70. The molecule has 0 aliphatic carbocycles.